The molecule has 0 saturated carbocycles. The Morgan fingerprint density at radius 3 is 2.32 bits per heavy atom. The van der Waals surface area contributed by atoms with E-state index in [0.717, 1.165) is 25.0 Å². The molecule has 0 radical (unpaired) electrons. The van der Waals surface area contributed by atoms with Gasteiger partial charge in [0.05, 0.1) is 0 Å². The Morgan fingerprint density at radius 2 is 1.74 bits per heavy atom. The van der Waals surface area contributed by atoms with E-state index in [9.17, 15) is 0 Å². The minimum absolute atomic E-state index is 0.440. The Balaban J connectivity index is 1.95. The van der Waals surface area contributed by atoms with Crippen LogP contribution in [0.4, 0.5) is 0 Å². The van der Waals surface area contributed by atoms with Crippen LogP contribution in [-0.2, 0) is 6.54 Å². The highest BCUT2D eigenvalue weighted by Gasteiger charge is 2.36. The monoisotopic (exact) mass is 383 g/mol. The van der Waals surface area contributed by atoms with E-state index in [2.05, 4.69) is 45.1 Å². The summed E-state index contributed by atoms with van der Waals surface area (Å²) in [6.07, 6.45) is 0.624. The quantitative estimate of drug-likeness (QED) is 0.667. The van der Waals surface area contributed by atoms with E-state index >= 15 is 0 Å². The first kappa shape index (κ1) is 15.9. The van der Waals surface area contributed by atoms with Gasteiger partial charge in [0.15, 0.2) is 3.79 Å². The number of alkyl halides is 4. The lowest BCUT2D eigenvalue weighted by atomic mass is 9.95. The highest BCUT2D eigenvalue weighted by Crippen LogP contribution is 2.39. The Labute approximate surface area is 138 Å². The summed E-state index contributed by atoms with van der Waals surface area (Å²) < 4.78 is -1.14. The van der Waals surface area contributed by atoms with Gasteiger partial charge in [0.25, 0.3) is 0 Å². The number of nitrogens with zero attached hydrogens (tertiary/aromatic N) is 1. The van der Waals surface area contributed by atoms with Crippen LogP contribution in [0.1, 0.15) is 12.0 Å². The highest BCUT2D eigenvalue weighted by molar-refractivity contribution is 9.09. The molecule has 19 heavy (non-hydrogen) atoms. The van der Waals surface area contributed by atoms with E-state index in [-0.39, 0.29) is 0 Å². The molecule has 5 heteroatoms. The fourth-order valence-electron chi connectivity index (χ4n) is 2.71. The van der Waals surface area contributed by atoms with Gasteiger partial charge in [0.1, 0.15) is 0 Å². The standard InChI is InChI=1S/C14H17BrCl3N/c15-7-13-10-19(8-11-4-2-1-3-5-11)9-12(13)6-14(16,17)18/h1-5,12-13H,6-10H2/t12-,13-/m0/s1. The fourth-order valence-corrected chi connectivity index (χ4v) is 4.04. The minimum atomic E-state index is -1.14. The van der Waals surface area contributed by atoms with Crippen LogP contribution in [0.3, 0.4) is 0 Å². The predicted molar refractivity (Wildman–Crippen MR) is 87.4 cm³/mol. The Kier molecular flexibility index (Phi) is 5.86. The first-order valence-corrected chi connectivity index (χ1v) is 8.62. The van der Waals surface area contributed by atoms with E-state index in [4.69, 9.17) is 34.8 Å². The first-order chi connectivity index (χ1) is 8.98. The molecule has 0 bridgehead atoms. The van der Waals surface area contributed by atoms with Crippen LogP contribution in [0.2, 0.25) is 0 Å². The molecule has 106 valence electrons. The van der Waals surface area contributed by atoms with E-state index in [1.54, 1.807) is 0 Å². The zero-order valence-corrected chi connectivity index (χ0v) is 14.4. The molecule has 2 atom stereocenters. The van der Waals surface area contributed by atoms with Crippen LogP contribution in [0.5, 0.6) is 0 Å². The van der Waals surface area contributed by atoms with Crippen LogP contribution >= 0.6 is 50.7 Å². The van der Waals surface area contributed by atoms with E-state index in [0.29, 0.717) is 18.3 Å². The van der Waals surface area contributed by atoms with Gasteiger partial charge in [0, 0.05) is 25.0 Å². The Hall–Kier alpha value is 0.530. The largest absolute Gasteiger partial charge is 0.298 e. The van der Waals surface area contributed by atoms with Crippen molar-refractivity contribution in [2.24, 2.45) is 11.8 Å². The first-order valence-electron chi connectivity index (χ1n) is 6.37. The maximum atomic E-state index is 5.94. The topological polar surface area (TPSA) is 3.24 Å². The molecule has 2 rings (SSSR count). The van der Waals surface area contributed by atoms with Crippen molar-refractivity contribution >= 4 is 50.7 Å². The summed E-state index contributed by atoms with van der Waals surface area (Å²) in [5.74, 6) is 0.995. The number of likely N-dealkylation sites (tertiary alicyclic amines) is 1. The summed E-state index contributed by atoms with van der Waals surface area (Å²) in [5, 5.41) is 0.962. The predicted octanol–water partition coefficient (Wildman–Crippen LogP) is 4.89. The zero-order chi connectivity index (χ0) is 13.9. The van der Waals surface area contributed by atoms with Crippen molar-refractivity contribution in [1.29, 1.82) is 0 Å². The SMILES string of the molecule is ClC(Cl)(Cl)C[C@H]1CN(Cc2ccccc2)C[C@@H]1CBr. The third-order valence-corrected chi connectivity index (χ3v) is 4.89. The summed E-state index contributed by atoms with van der Waals surface area (Å²) in [7, 11) is 0. The van der Waals surface area contributed by atoms with Crippen molar-refractivity contribution in [1.82, 2.24) is 4.90 Å². The van der Waals surface area contributed by atoms with E-state index in [1.807, 2.05) is 6.07 Å². The van der Waals surface area contributed by atoms with Crippen LogP contribution in [0, 0.1) is 11.8 Å². The Bertz CT molecular complexity index is 393. The molecule has 0 aromatic heterocycles. The van der Waals surface area contributed by atoms with Gasteiger partial charge in [-0.05, 0) is 23.8 Å². The van der Waals surface area contributed by atoms with Crippen molar-refractivity contribution in [2.45, 2.75) is 16.8 Å². The van der Waals surface area contributed by atoms with Crippen LogP contribution in [0.25, 0.3) is 0 Å². The maximum Gasteiger partial charge on any atom is 0.190 e. The highest BCUT2D eigenvalue weighted by atomic mass is 79.9. The molecule has 0 aliphatic carbocycles. The average molecular weight is 386 g/mol. The van der Waals surface area contributed by atoms with Gasteiger partial charge in [-0.2, -0.15) is 0 Å². The van der Waals surface area contributed by atoms with Crippen LogP contribution in [0.15, 0.2) is 30.3 Å². The third-order valence-electron chi connectivity index (χ3n) is 3.59. The second-order valence-electron chi connectivity index (χ2n) is 5.17. The summed E-state index contributed by atoms with van der Waals surface area (Å²) >= 11 is 21.4. The molecule has 1 nitrogen and oxygen atoms in total. The number of hydrogen-bond donors (Lipinski definition) is 0. The van der Waals surface area contributed by atoms with Crippen LogP contribution in [-0.4, -0.2) is 27.1 Å². The third kappa shape index (κ3) is 5.09. The van der Waals surface area contributed by atoms with Crippen molar-refractivity contribution in [3.05, 3.63) is 35.9 Å². The lowest BCUT2D eigenvalue weighted by molar-refractivity contribution is 0.312. The molecule has 1 aromatic carbocycles. The summed E-state index contributed by atoms with van der Waals surface area (Å²) in [5.41, 5.74) is 1.34. The molecule has 1 fully saturated rings. The summed E-state index contributed by atoms with van der Waals surface area (Å²) in [6.45, 7) is 3.03. The van der Waals surface area contributed by atoms with Crippen molar-refractivity contribution in [3.63, 3.8) is 0 Å². The molecular formula is C14H17BrCl3N. The molecule has 1 heterocycles. The summed E-state index contributed by atoms with van der Waals surface area (Å²) in [6, 6.07) is 10.5. The average Bonchev–Trinajstić information content (AvgIpc) is 2.70. The van der Waals surface area contributed by atoms with Gasteiger partial charge >= 0.3 is 0 Å². The lowest BCUT2D eigenvalue weighted by Crippen LogP contribution is -2.21. The number of rotatable bonds is 4. The van der Waals surface area contributed by atoms with Crippen LogP contribution < -0.4 is 0 Å². The van der Waals surface area contributed by atoms with Gasteiger partial charge in [-0.1, -0.05) is 81.1 Å². The molecular weight excluding hydrogens is 368 g/mol. The molecule has 1 aliphatic rings. The molecule has 0 unspecified atom stereocenters. The molecule has 1 saturated heterocycles. The fraction of sp³-hybridized carbons (Fsp3) is 0.571. The van der Waals surface area contributed by atoms with Gasteiger partial charge in [0.2, 0.25) is 0 Å². The number of halogens is 4. The lowest BCUT2D eigenvalue weighted by Gasteiger charge is -2.20. The normalized spacial score (nSPS) is 24.8. The van der Waals surface area contributed by atoms with E-state index < -0.39 is 3.79 Å². The summed E-state index contributed by atoms with van der Waals surface area (Å²) in [4.78, 5) is 2.45. The zero-order valence-electron chi connectivity index (χ0n) is 10.5. The van der Waals surface area contributed by atoms with Gasteiger partial charge < -0.3 is 0 Å². The minimum Gasteiger partial charge on any atom is -0.298 e. The van der Waals surface area contributed by atoms with Gasteiger partial charge in [-0.25, -0.2) is 0 Å². The van der Waals surface area contributed by atoms with E-state index in [1.165, 1.54) is 5.56 Å². The molecule has 1 aliphatic heterocycles. The molecule has 0 amide bonds. The molecule has 0 N–H and O–H groups in total. The Morgan fingerprint density at radius 1 is 1.11 bits per heavy atom. The second kappa shape index (κ2) is 7.00. The molecule has 0 spiro atoms. The second-order valence-corrected chi connectivity index (χ2v) is 8.34. The van der Waals surface area contributed by atoms with Crippen molar-refractivity contribution in [2.75, 3.05) is 18.4 Å². The van der Waals surface area contributed by atoms with Gasteiger partial charge in [-0.3, -0.25) is 4.90 Å². The number of benzene rings is 1. The number of hydrogen-bond acceptors (Lipinski definition) is 1. The van der Waals surface area contributed by atoms with Crippen molar-refractivity contribution < 1.29 is 0 Å². The molecule has 1 aromatic rings. The maximum absolute atomic E-state index is 5.94. The smallest absolute Gasteiger partial charge is 0.190 e. The van der Waals surface area contributed by atoms with Crippen molar-refractivity contribution in [3.8, 4) is 0 Å². The van der Waals surface area contributed by atoms with Gasteiger partial charge in [-0.15, -0.1) is 0 Å².